The standard InChI is InChI=1S/C7H16N2/c1-5-7(6(2)3)9-8-4/h5-6,8-9H,1-4H3/b7-5+. The average Bonchev–Trinajstić information content (AvgIpc) is 1.82. The predicted molar refractivity (Wildman–Crippen MR) is 40.8 cm³/mol. The molecule has 0 rings (SSSR count). The summed E-state index contributed by atoms with van der Waals surface area (Å²) in [6.45, 7) is 6.33. The molecule has 0 aliphatic rings. The molecule has 0 aromatic rings. The highest BCUT2D eigenvalue weighted by atomic mass is 15.3. The van der Waals surface area contributed by atoms with Crippen molar-refractivity contribution in [2.24, 2.45) is 5.92 Å². The second-order valence-corrected chi connectivity index (χ2v) is 2.27. The molecule has 9 heavy (non-hydrogen) atoms. The van der Waals surface area contributed by atoms with Gasteiger partial charge in [-0.3, -0.25) is 0 Å². The van der Waals surface area contributed by atoms with E-state index >= 15 is 0 Å². The lowest BCUT2D eigenvalue weighted by molar-refractivity contribution is 0.593. The van der Waals surface area contributed by atoms with Crippen LogP contribution < -0.4 is 10.9 Å². The minimum Gasteiger partial charge on any atom is -0.326 e. The Morgan fingerprint density at radius 3 is 2.11 bits per heavy atom. The van der Waals surface area contributed by atoms with Crippen molar-refractivity contribution in [1.82, 2.24) is 10.9 Å². The van der Waals surface area contributed by atoms with E-state index in [1.807, 2.05) is 14.0 Å². The molecule has 2 N–H and O–H groups in total. The molecule has 0 saturated heterocycles. The SMILES string of the molecule is C/C=C(/NNC)C(C)C. The van der Waals surface area contributed by atoms with E-state index < -0.39 is 0 Å². The van der Waals surface area contributed by atoms with Gasteiger partial charge in [0.2, 0.25) is 0 Å². The van der Waals surface area contributed by atoms with Crippen LogP contribution in [0.25, 0.3) is 0 Å². The summed E-state index contributed by atoms with van der Waals surface area (Å²) in [4.78, 5) is 0. The monoisotopic (exact) mass is 128 g/mol. The van der Waals surface area contributed by atoms with Gasteiger partial charge in [-0.15, -0.1) is 0 Å². The zero-order chi connectivity index (χ0) is 7.28. The molecular formula is C7H16N2. The molecule has 0 aromatic carbocycles. The molecule has 0 amide bonds. The molecule has 2 heteroatoms. The molecule has 0 heterocycles. The fourth-order valence-corrected chi connectivity index (χ4v) is 0.694. The van der Waals surface area contributed by atoms with Crippen LogP contribution in [0, 0.1) is 5.92 Å². The minimum absolute atomic E-state index is 0.572. The van der Waals surface area contributed by atoms with Gasteiger partial charge in [0, 0.05) is 12.7 Å². The Bertz CT molecular complexity index is 95.1. The molecule has 0 aromatic heterocycles. The lowest BCUT2D eigenvalue weighted by Gasteiger charge is -2.11. The van der Waals surface area contributed by atoms with Gasteiger partial charge in [-0.1, -0.05) is 19.9 Å². The number of hydrazine groups is 1. The Kier molecular flexibility index (Phi) is 4.14. The second kappa shape index (κ2) is 4.39. The first kappa shape index (κ1) is 8.50. The zero-order valence-corrected chi connectivity index (χ0v) is 6.65. The van der Waals surface area contributed by atoms with Crippen LogP contribution in [0.1, 0.15) is 20.8 Å². The second-order valence-electron chi connectivity index (χ2n) is 2.27. The zero-order valence-electron chi connectivity index (χ0n) is 6.65. The van der Waals surface area contributed by atoms with Gasteiger partial charge in [0.25, 0.3) is 0 Å². The molecular weight excluding hydrogens is 112 g/mol. The first-order valence-corrected chi connectivity index (χ1v) is 3.31. The number of hydrogen-bond donors (Lipinski definition) is 2. The average molecular weight is 128 g/mol. The van der Waals surface area contributed by atoms with Crippen LogP contribution in [0.15, 0.2) is 11.8 Å². The molecule has 2 nitrogen and oxygen atoms in total. The highest BCUT2D eigenvalue weighted by molar-refractivity contribution is 4.98. The van der Waals surface area contributed by atoms with Crippen molar-refractivity contribution in [3.63, 3.8) is 0 Å². The molecule has 0 aliphatic carbocycles. The van der Waals surface area contributed by atoms with Crippen molar-refractivity contribution in [2.45, 2.75) is 20.8 Å². The number of hydrogen-bond acceptors (Lipinski definition) is 2. The maximum Gasteiger partial charge on any atom is 0.0244 e. The minimum atomic E-state index is 0.572. The van der Waals surface area contributed by atoms with E-state index in [-0.39, 0.29) is 0 Å². The molecule has 0 radical (unpaired) electrons. The van der Waals surface area contributed by atoms with Crippen molar-refractivity contribution in [1.29, 1.82) is 0 Å². The fourth-order valence-electron chi connectivity index (χ4n) is 0.694. The number of allylic oxidation sites excluding steroid dienone is 2. The van der Waals surface area contributed by atoms with E-state index in [1.165, 1.54) is 5.70 Å². The van der Waals surface area contributed by atoms with Gasteiger partial charge >= 0.3 is 0 Å². The van der Waals surface area contributed by atoms with E-state index in [0.717, 1.165) is 0 Å². The molecule has 0 aliphatic heterocycles. The van der Waals surface area contributed by atoms with Crippen molar-refractivity contribution < 1.29 is 0 Å². The van der Waals surface area contributed by atoms with Crippen molar-refractivity contribution in [3.8, 4) is 0 Å². The third-order valence-corrected chi connectivity index (χ3v) is 1.20. The first-order valence-electron chi connectivity index (χ1n) is 3.31. The largest absolute Gasteiger partial charge is 0.326 e. The third-order valence-electron chi connectivity index (χ3n) is 1.20. The van der Waals surface area contributed by atoms with Crippen LogP contribution in [0.4, 0.5) is 0 Å². The molecule has 0 saturated carbocycles. The molecule has 0 fully saturated rings. The van der Waals surface area contributed by atoms with Crippen LogP contribution >= 0.6 is 0 Å². The quantitative estimate of drug-likeness (QED) is 0.559. The van der Waals surface area contributed by atoms with Crippen molar-refractivity contribution in [2.75, 3.05) is 7.05 Å². The van der Waals surface area contributed by atoms with Gasteiger partial charge in [-0.25, -0.2) is 5.43 Å². The molecule has 0 spiro atoms. The van der Waals surface area contributed by atoms with Crippen LogP contribution in [0.3, 0.4) is 0 Å². The molecule has 0 atom stereocenters. The Morgan fingerprint density at radius 1 is 1.44 bits per heavy atom. The van der Waals surface area contributed by atoms with Gasteiger partial charge in [0.1, 0.15) is 0 Å². The Hall–Kier alpha value is -0.500. The van der Waals surface area contributed by atoms with Gasteiger partial charge < -0.3 is 5.43 Å². The van der Waals surface area contributed by atoms with Gasteiger partial charge in [-0.2, -0.15) is 0 Å². The fraction of sp³-hybridized carbons (Fsp3) is 0.714. The number of nitrogens with one attached hydrogen (secondary N) is 2. The van der Waals surface area contributed by atoms with E-state index in [4.69, 9.17) is 0 Å². The van der Waals surface area contributed by atoms with E-state index in [0.29, 0.717) is 5.92 Å². The predicted octanol–water partition coefficient (Wildman–Crippen LogP) is 1.27. The summed E-state index contributed by atoms with van der Waals surface area (Å²) in [5.74, 6) is 0.572. The summed E-state index contributed by atoms with van der Waals surface area (Å²) in [6.07, 6.45) is 2.07. The number of rotatable bonds is 3. The smallest absolute Gasteiger partial charge is 0.0244 e. The van der Waals surface area contributed by atoms with E-state index in [2.05, 4.69) is 30.8 Å². The van der Waals surface area contributed by atoms with Crippen LogP contribution in [0.2, 0.25) is 0 Å². The summed E-state index contributed by atoms with van der Waals surface area (Å²) in [5, 5.41) is 0. The Morgan fingerprint density at radius 2 is 2.00 bits per heavy atom. The van der Waals surface area contributed by atoms with Gasteiger partial charge in [0.15, 0.2) is 0 Å². The van der Waals surface area contributed by atoms with Crippen LogP contribution in [-0.2, 0) is 0 Å². The normalized spacial score (nSPS) is 12.3. The summed E-state index contributed by atoms with van der Waals surface area (Å²) in [6, 6.07) is 0. The highest BCUT2D eigenvalue weighted by Gasteiger charge is 1.97. The Labute approximate surface area is 57.3 Å². The maximum absolute atomic E-state index is 3.04. The van der Waals surface area contributed by atoms with Crippen molar-refractivity contribution in [3.05, 3.63) is 11.8 Å². The van der Waals surface area contributed by atoms with Gasteiger partial charge in [0.05, 0.1) is 0 Å². The third kappa shape index (κ3) is 3.14. The van der Waals surface area contributed by atoms with Gasteiger partial charge in [-0.05, 0) is 12.8 Å². The van der Waals surface area contributed by atoms with Crippen molar-refractivity contribution >= 4 is 0 Å². The van der Waals surface area contributed by atoms with Crippen LogP contribution in [-0.4, -0.2) is 7.05 Å². The lowest BCUT2D eigenvalue weighted by atomic mass is 10.1. The summed E-state index contributed by atoms with van der Waals surface area (Å²) in [7, 11) is 1.87. The molecule has 0 unspecified atom stereocenters. The molecule has 0 bridgehead atoms. The van der Waals surface area contributed by atoms with E-state index in [1.54, 1.807) is 0 Å². The molecule has 54 valence electrons. The summed E-state index contributed by atoms with van der Waals surface area (Å²) in [5.41, 5.74) is 7.16. The Balaban J connectivity index is 3.70. The van der Waals surface area contributed by atoms with E-state index in [9.17, 15) is 0 Å². The topological polar surface area (TPSA) is 24.1 Å². The highest BCUT2D eigenvalue weighted by Crippen LogP contribution is 2.02. The van der Waals surface area contributed by atoms with Crippen LogP contribution in [0.5, 0.6) is 0 Å². The lowest BCUT2D eigenvalue weighted by Crippen LogP contribution is -2.28. The summed E-state index contributed by atoms with van der Waals surface area (Å²) < 4.78 is 0. The maximum atomic E-state index is 3.04. The first-order chi connectivity index (χ1) is 4.22. The summed E-state index contributed by atoms with van der Waals surface area (Å²) >= 11 is 0.